The van der Waals surface area contributed by atoms with Gasteiger partial charge in [-0.2, -0.15) is 0 Å². The molecule has 2 N–H and O–H groups in total. The molecule has 0 aromatic rings. The normalized spacial score (nSPS) is 30.4. The lowest BCUT2D eigenvalue weighted by Crippen LogP contribution is -2.41. The maximum Gasteiger partial charge on any atom is 0.306 e. The van der Waals surface area contributed by atoms with Gasteiger partial charge in [0.2, 0.25) is 5.91 Å². The largest absolute Gasteiger partial charge is 0.481 e. The van der Waals surface area contributed by atoms with Gasteiger partial charge in [0.25, 0.3) is 0 Å². The fraction of sp³-hybridized carbons (Fsp3) is 0.867. The Morgan fingerprint density at radius 1 is 1.05 bits per heavy atom. The quantitative estimate of drug-likeness (QED) is 0.804. The summed E-state index contributed by atoms with van der Waals surface area (Å²) in [4.78, 5) is 25.5. The highest BCUT2D eigenvalue weighted by Crippen LogP contribution is 2.32. The van der Waals surface area contributed by atoms with Gasteiger partial charge in [-0.3, -0.25) is 9.59 Å². The molecule has 2 aliphatic rings. The van der Waals surface area contributed by atoms with Crippen LogP contribution < -0.4 is 0 Å². The zero-order valence-corrected chi connectivity index (χ0v) is 12.0. The van der Waals surface area contributed by atoms with Crippen LogP contribution in [0.3, 0.4) is 0 Å². The molecule has 2 fully saturated rings. The highest BCUT2D eigenvalue weighted by molar-refractivity contribution is 5.80. The van der Waals surface area contributed by atoms with E-state index in [1.165, 1.54) is 0 Å². The number of aliphatic hydroxyl groups is 1. The van der Waals surface area contributed by atoms with Crippen LogP contribution in [-0.4, -0.2) is 46.2 Å². The molecule has 1 aliphatic carbocycles. The number of aliphatic carboxylic acids is 1. The fourth-order valence-electron chi connectivity index (χ4n) is 3.57. The molecule has 1 amide bonds. The zero-order valence-electron chi connectivity index (χ0n) is 12.0. The van der Waals surface area contributed by atoms with Crippen molar-refractivity contribution in [1.82, 2.24) is 4.90 Å². The number of amides is 1. The summed E-state index contributed by atoms with van der Waals surface area (Å²) in [5.74, 6) is -0.754. The van der Waals surface area contributed by atoms with Crippen LogP contribution >= 0.6 is 0 Å². The lowest BCUT2D eigenvalue weighted by molar-refractivity contribution is -0.146. The Morgan fingerprint density at radius 2 is 1.70 bits per heavy atom. The molecule has 0 radical (unpaired) electrons. The van der Waals surface area contributed by atoms with E-state index < -0.39 is 5.97 Å². The van der Waals surface area contributed by atoms with E-state index in [0.717, 1.165) is 32.2 Å². The van der Waals surface area contributed by atoms with Crippen molar-refractivity contribution in [1.29, 1.82) is 0 Å². The highest BCUT2D eigenvalue weighted by Gasteiger charge is 2.35. The van der Waals surface area contributed by atoms with Gasteiger partial charge in [-0.25, -0.2) is 0 Å². The first-order chi connectivity index (χ1) is 9.63. The Balaban J connectivity index is 1.86. The standard InChI is InChI=1S/C15H25NO4/c17-10-2-4-13-3-1-9-16(13)14(18)11-5-7-12(8-6-11)15(19)20/h11-13,17H,1-10H2,(H,19,20). The van der Waals surface area contributed by atoms with Crippen LogP contribution in [0.25, 0.3) is 0 Å². The van der Waals surface area contributed by atoms with Crippen LogP contribution in [0.15, 0.2) is 0 Å². The zero-order chi connectivity index (χ0) is 14.5. The van der Waals surface area contributed by atoms with Crippen LogP contribution in [0, 0.1) is 11.8 Å². The lowest BCUT2D eigenvalue weighted by Gasteiger charge is -2.32. The van der Waals surface area contributed by atoms with E-state index in [-0.39, 0.29) is 30.4 Å². The van der Waals surface area contributed by atoms with E-state index in [2.05, 4.69) is 0 Å². The number of aliphatic hydroxyl groups excluding tert-OH is 1. The van der Waals surface area contributed by atoms with E-state index in [9.17, 15) is 9.59 Å². The fourth-order valence-corrected chi connectivity index (χ4v) is 3.57. The van der Waals surface area contributed by atoms with Gasteiger partial charge >= 0.3 is 5.97 Å². The van der Waals surface area contributed by atoms with Gasteiger partial charge in [-0.05, 0) is 51.4 Å². The van der Waals surface area contributed by atoms with Crippen molar-refractivity contribution in [2.45, 2.75) is 57.4 Å². The van der Waals surface area contributed by atoms with Crippen molar-refractivity contribution in [3.05, 3.63) is 0 Å². The average molecular weight is 283 g/mol. The van der Waals surface area contributed by atoms with E-state index in [4.69, 9.17) is 10.2 Å². The number of hydrogen-bond donors (Lipinski definition) is 2. The minimum atomic E-state index is -0.724. The summed E-state index contributed by atoms with van der Waals surface area (Å²) in [6.45, 7) is 1.01. The number of rotatable bonds is 5. The van der Waals surface area contributed by atoms with E-state index in [1.807, 2.05) is 4.90 Å². The maximum absolute atomic E-state index is 12.6. The molecule has 5 heteroatoms. The SMILES string of the molecule is O=C(O)C1CCC(C(=O)N2CCCC2CCCO)CC1. The first-order valence-electron chi connectivity index (χ1n) is 7.77. The van der Waals surface area contributed by atoms with Gasteiger partial charge in [-0.1, -0.05) is 0 Å². The van der Waals surface area contributed by atoms with Crippen LogP contribution in [0.1, 0.15) is 51.4 Å². The molecule has 1 unspecified atom stereocenters. The molecule has 0 aromatic heterocycles. The van der Waals surface area contributed by atoms with Crippen LogP contribution in [0.4, 0.5) is 0 Å². The predicted octanol–water partition coefficient (Wildman–Crippen LogP) is 1.64. The highest BCUT2D eigenvalue weighted by atomic mass is 16.4. The van der Waals surface area contributed by atoms with Crippen molar-refractivity contribution in [3.8, 4) is 0 Å². The second-order valence-electron chi connectivity index (χ2n) is 6.08. The number of carbonyl (C=O) groups excluding carboxylic acids is 1. The van der Waals surface area contributed by atoms with Gasteiger partial charge in [0.05, 0.1) is 5.92 Å². The van der Waals surface area contributed by atoms with Crippen molar-refractivity contribution in [3.63, 3.8) is 0 Å². The summed E-state index contributed by atoms with van der Waals surface area (Å²) in [6, 6.07) is 0.284. The Hall–Kier alpha value is -1.10. The number of carboxylic acids is 1. The maximum atomic E-state index is 12.6. The number of likely N-dealkylation sites (tertiary alicyclic amines) is 1. The molecule has 1 atom stereocenters. The molecule has 1 aliphatic heterocycles. The second kappa shape index (κ2) is 7.07. The van der Waals surface area contributed by atoms with E-state index >= 15 is 0 Å². The van der Waals surface area contributed by atoms with Gasteiger partial charge < -0.3 is 15.1 Å². The lowest BCUT2D eigenvalue weighted by atomic mass is 9.81. The summed E-state index contributed by atoms with van der Waals surface area (Å²) in [6.07, 6.45) is 6.38. The Bertz CT molecular complexity index is 350. The summed E-state index contributed by atoms with van der Waals surface area (Å²) in [7, 11) is 0. The molecule has 0 aromatic carbocycles. The van der Waals surface area contributed by atoms with Gasteiger partial charge in [0.1, 0.15) is 0 Å². The molecule has 20 heavy (non-hydrogen) atoms. The first kappa shape index (κ1) is 15.3. The number of hydrogen-bond acceptors (Lipinski definition) is 3. The van der Waals surface area contributed by atoms with Gasteiger partial charge in [0.15, 0.2) is 0 Å². The minimum absolute atomic E-state index is 0.0142. The monoisotopic (exact) mass is 283 g/mol. The van der Waals surface area contributed by atoms with E-state index in [0.29, 0.717) is 25.7 Å². The summed E-state index contributed by atoms with van der Waals surface area (Å²) in [5.41, 5.74) is 0. The van der Waals surface area contributed by atoms with Crippen LogP contribution in [0.2, 0.25) is 0 Å². The Kier molecular flexibility index (Phi) is 5.40. The smallest absolute Gasteiger partial charge is 0.306 e. The third-order valence-corrected chi connectivity index (χ3v) is 4.78. The summed E-state index contributed by atoms with van der Waals surface area (Å²) in [5, 5.41) is 17.9. The Labute approximate surface area is 120 Å². The third kappa shape index (κ3) is 3.51. The molecular weight excluding hydrogens is 258 g/mol. The van der Waals surface area contributed by atoms with Crippen LogP contribution in [-0.2, 0) is 9.59 Å². The van der Waals surface area contributed by atoms with Crippen molar-refractivity contribution < 1.29 is 19.8 Å². The number of carbonyl (C=O) groups is 2. The predicted molar refractivity (Wildman–Crippen MR) is 74.1 cm³/mol. The molecule has 114 valence electrons. The first-order valence-corrected chi connectivity index (χ1v) is 7.77. The molecule has 1 saturated heterocycles. The summed E-state index contributed by atoms with van der Waals surface area (Å²) < 4.78 is 0. The second-order valence-corrected chi connectivity index (χ2v) is 6.08. The van der Waals surface area contributed by atoms with Crippen LogP contribution in [0.5, 0.6) is 0 Å². The number of nitrogens with zero attached hydrogens (tertiary/aromatic N) is 1. The average Bonchev–Trinajstić information content (AvgIpc) is 2.92. The molecule has 2 rings (SSSR count). The number of carboxylic acid groups (broad SMARTS) is 1. The van der Waals surface area contributed by atoms with Gasteiger partial charge in [-0.15, -0.1) is 0 Å². The van der Waals surface area contributed by atoms with Crippen molar-refractivity contribution >= 4 is 11.9 Å². The van der Waals surface area contributed by atoms with Gasteiger partial charge in [0, 0.05) is 25.1 Å². The van der Waals surface area contributed by atoms with E-state index in [1.54, 1.807) is 0 Å². The molecule has 0 bridgehead atoms. The summed E-state index contributed by atoms with van der Waals surface area (Å²) >= 11 is 0. The minimum Gasteiger partial charge on any atom is -0.481 e. The van der Waals surface area contributed by atoms with Crippen molar-refractivity contribution in [2.75, 3.05) is 13.2 Å². The molecule has 5 nitrogen and oxygen atoms in total. The topological polar surface area (TPSA) is 77.8 Å². The Morgan fingerprint density at radius 3 is 2.30 bits per heavy atom. The molecule has 0 spiro atoms. The van der Waals surface area contributed by atoms with Crippen molar-refractivity contribution in [2.24, 2.45) is 11.8 Å². The molecule has 1 saturated carbocycles. The molecule has 1 heterocycles. The molecular formula is C15H25NO4. The third-order valence-electron chi connectivity index (χ3n) is 4.78.